The lowest BCUT2D eigenvalue weighted by Gasteiger charge is -2.28. The van der Waals surface area contributed by atoms with Crippen molar-refractivity contribution < 1.29 is 9.47 Å². The smallest absolute Gasteiger partial charge is 0.262 e. The van der Waals surface area contributed by atoms with Crippen molar-refractivity contribution in [2.45, 2.75) is 44.1 Å². The van der Waals surface area contributed by atoms with Crippen molar-refractivity contribution in [2.24, 2.45) is 5.92 Å². The van der Waals surface area contributed by atoms with Gasteiger partial charge in [0, 0.05) is 6.42 Å². The van der Waals surface area contributed by atoms with E-state index < -0.39 is 0 Å². The summed E-state index contributed by atoms with van der Waals surface area (Å²) in [5, 5.41) is 8.85. The molecule has 2 aromatic rings. The molecule has 6 heteroatoms. The van der Waals surface area contributed by atoms with Gasteiger partial charge >= 0.3 is 0 Å². The topological polar surface area (TPSA) is 94.0 Å². The first kappa shape index (κ1) is 16.6. The van der Waals surface area contributed by atoms with Gasteiger partial charge in [-0.25, -0.2) is 4.98 Å². The SMILES string of the molecule is N#CCC1CCC(c2ccc([C@H]3COc4ncnc(N)c4O3)cc2)CC1. The summed E-state index contributed by atoms with van der Waals surface area (Å²) in [5.41, 5.74) is 8.28. The lowest BCUT2D eigenvalue weighted by atomic mass is 9.77. The molecule has 26 heavy (non-hydrogen) atoms. The summed E-state index contributed by atoms with van der Waals surface area (Å²) in [7, 11) is 0. The van der Waals surface area contributed by atoms with Gasteiger partial charge in [0.15, 0.2) is 11.9 Å². The summed E-state index contributed by atoms with van der Waals surface area (Å²) in [4.78, 5) is 8.00. The first-order valence-electron chi connectivity index (χ1n) is 9.11. The second-order valence-corrected chi connectivity index (χ2v) is 7.06. The van der Waals surface area contributed by atoms with Crippen LogP contribution in [-0.2, 0) is 0 Å². The first-order chi connectivity index (χ1) is 12.7. The standard InChI is InChI=1S/C20H22N4O2/c21-10-9-13-1-3-14(4-2-13)15-5-7-16(8-6-15)17-11-25-20-18(26-17)19(22)23-12-24-20/h5-8,12-14,17H,1-4,9,11H2,(H2,22,23,24)/t13?,14?,17-/m1/s1. The number of nitriles is 1. The number of benzene rings is 1. The van der Waals surface area contributed by atoms with Gasteiger partial charge in [0.2, 0.25) is 5.75 Å². The average Bonchev–Trinajstić information content (AvgIpc) is 2.69. The van der Waals surface area contributed by atoms with E-state index >= 15 is 0 Å². The number of nitrogens with two attached hydrogens (primary N) is 1. The van der Waals surface area contributed by atoms with Gasteiger partial charge in [-0.05, 0) is 48.6 Å². The highest BCUT2D eigenvalue weighted by atomic mass is 16.6. The molecular formula is C20H22N4O2. The number of fused-ring (bicyclic) bond motifs is 1. The monoisotopic (exact) mass is 350 g/mol. The summed E-state index contributed by atoms with van der Waals surface area (Å²) in [6, 6.07) is 10.9. The molecule has 1 aromatic heterocycles. The number of ether oxygens (including phenoxy) is 2. The van der Waals surface area contributed by atoms with Gasteiger partial charge in [0.1, 0.15) is 12.9 Å². The molecular weight excluding hydrogens is 328 g/mol. The van der Waals surface area contributed by atoms with Crippen molar-refractivity contribution in [3.8, 4) is 17.7 Å². The van der Waals surface area contributed by atoms with Crippen LogP contribution >= 0.6 is 0 Å². The molecule has 0 amide bonds. The maximum atomic E-state index is 8.85. The molecule has 2 heterocycles. The lowest BCUT2D eigenvalue weighted by molar-refractivity contribution is 0.0866. The fourth-order valence-electron chi connectivity index (χ4n) is 3.89. The first-order valence-corrected chi connectivity index (χ1v) is 9.11. The molecule has 1 aliphatic heterocycles. The van der Waals surface area contributed by atoms with Crippen LogP contribution in [0.1, 0.15) is 55.3 Å². The van der Waals surface area contributed by atoms with E-state index in [0.29, 0.717) is 42.3 Å². The fraction of sp³-hybridized carbons (Fsp3) is 0.450. The van der Waals surface area contributed by atoms with Gasteiger partial charge in [-0.15, -0.1) is 0 Å². The molecule has 1 fully saturated rings. The number of anilines is 1. The predicted octanol–water partition coefficient (Wildman–Crippen LogP) is 3.76. The van der Waals surface area contributed by atoms with E-state index in [1.165, 1.54) is 11.9 Å². The van der Waals surface area contributed by atoms with Gasteiger partial charge in [-0.1, -0.05) is 24.3 Å². The summed E-state index contributed by atoms with van der Waals surface area (Å²) in [6.07, 6.45) is 6.48. The Bertz CT molecular complexity index is 808. The van der Waals surface area contributed by atoms with E-state index in [2.05, 4.69) is 40.3 Å². The van der Waals surface area contributed by atoms with E-state index in [-0.39, 0.29) is 6.10 Å². The highest BCUT2D eigenvalue weighted by molar-refractivity contribution is 5.52. The Morgan fingerprint density at radius 1 is 1.08 bits per heavy atom. The van der Waals surface area contributed by atoms with Crippen LogP contribution in [0.15, 0.2) is 30.6 Å². The fourth-order valence-corrected chi connectivity index (χ4v) is 3.89. The van der Waals surface area contributed by atoms with Crippen LogP contribution in [0, 0.1) is 17.2 Å². The highest BCUT2D eigenvalue weighted by Gasteiger charge is 2.27. The van der Waals surface area contributed by atoms with E-state index in [4.69, 9.17) is 20.5 Å². The van der Waals surface area contributed by atoms with Crippen molar-refractivity contribution >= 4 is 5.82 Å². The number of nitrogens with zero attached hydrogens (tertiary/aromatic N) is 3. The average molecular weight is 350 g/mol. The second kappa shape index (κ2) is 7.20. The maximum Gasteiger partial charge on any atom is 0.262 e. The molecule has 1 aliphatic carbocycles. The minimum absolute atomic E-state index is 0.212. The largest absolute Gasteiger partial charge is 0.473 e. The molecule has 1 saturated carbocycles. The molecule has 2 aliphatic rings. The van der Waals surface area contributed by atoms with Gasteiger partial charge in [0.05, 0.1) is 6.07 Å². The Morgan fingerprint density at radius 3 is 2.54 bits per heavy atom. The number of hydrogen-bond donors (Lipinski definition) is 1. The minimum Gasteiger partial charge on any atom is -0.473 e. The molecule has 1 aromatic carbocycles. The number of nitrogen functional groups attached to an aromatic ring is 1. The Labute approximate surface area is 153 Å². The van der Waals surface area contributed by atoms with Crippen LogP contribution in [0.25, 0.3) is 0 Å². The number of hydrogen-bond acceptors (Lipinski definition) is 6. The van der Waals surface area contributed by atoms with E-state index in [0.717, 1.165) is 31.2 Å². The van der Waals surface area contributed by atoms with Crippen LogP contribution < -0.4 is 15.2 Å². The van der Waals surface area contributed by atoms with Crippen molar-refractivity contribution in [3.63, 3.8) is 0 Å². The van der Waals surface area contributed by atoms with Crippen molar-refractivity contribution in [2.75, 3.05) is 12.3 Å². The predicted molar refractivity (Wildman–Crippen MR) is 96.7 cm³/mol. The van der Waals surface area contributed by atoms with Gasteiger partial charge in [-0.2, -0.15) is 10.2 Å². The molecule has 0 unspecified atom stereocenters. The zero-order chi connectivity index (χ0) is 17.9. The van der Waals surface area contributed by atoms with E-state index in [1.807, 2.05) is 0 Å². The zero-order valence-corrected chi connectivity index (χ0v) is 14.6. The summed E-state index contributed by atoms with van der Waals surface area (Å²) < 4.78 is 11.6. The minimum atomic E-state index is -0.212. The Morgan fingerprint density at radius 2 is 1.81 bits per heavy atom. The van der Waals surface area contributed by atoms with Gasteiger partial charge in [-0.3, -0.25) is 0 Å². The lowest BCUT2D eigenvalue weighted by Crippen LogP contribution is -2.23. The molecule has 1 atom stereocenters. The molecule has 6 nitrogen and oxygen atoms in total. The van der Waals surface area contributed by atoms with Crippen molar-refractivity contribution in [1.29, 1.82) is 5.26 Å². The van der Waals surface area contributed by atoms with Crippen LogP contribution in [0.5, 0.6) is 11.6 Å². The highest BCUT2D eigenvalue weighted by Crippen LogP contribution is 2.39. The quantitative estimate of drug-likeness (QED) is 0.906. The molecule has 0 bridgehead atoms. The zero-order valence-electron chi connectivity index (χ0n) is 14.6. The van der Waals surface area contributed by atoms with Gasteiger partial charge in [0.25, 0.3) is 5.88 Å². The normalized spacial score (nSPS) is 24.7. The Kier molecular flexibility index (Phi) is 4.61. The molecule has 4 rings (SSSR count). The number of aromatic nitrogens is 2. The summed E-state index contributed by atoms with van der Waals surface area (Å²) in [5.74, 6) is 2.29. The molecule has 0 spiro atoms. The molecule has 0 radical (unpaired) electrons. The molecule has 2 N–H and O–H groups in total. The van der Waals surface area contributed by atoms with E-state index in [9.17, 15) is 0 Å². The second-order valence-electron chi connectivity index (χ2n) is 7.06. The Hall–Kier alpha value is -2.81. The third kappa shape index (κ3) is 3.30. The number of rotatable bonds is 3. The summed E-state index contributed by atoms with van der Waals surface area (Å²) >= 11 is 0. The van der Waals surface area contributed by atoms with Gasteiger partial charge < -0.3 is 15.2 Å². The molecule has 0 saturated heterocycles. The summed E-state index contributed by atoms with van der Waals surface area (Å²) in [6.45, 7) is 0.405. The van der Waals surface area contributed by atoms with Crippen LogP contribution in [0.3, 0.4) is 0 Å². The van der Waals surface area contributed by atoms with Crippen LogP contribution in [-0.4, -0.2) is 16.6 Å². The van der Waals surface area contributed by atoms with E-state index in [1.54, 1.807) is 0 Å². The third-order valence-corrected chi connectivity index (χ3v) is 5.44. The maximum absolute atomic E-state index is 8.85. The third-order valence-electron chi connectivity index (χ3n) is 5.44. The van der Waals surface area contributed by atoms with Crippen LogP contribution in [0.2, 0.25) is 0 Å². The molecule has 134 valence electrons. The Balaban J connectivity index is 1.43. The van der Waals surface area contributed by atoms with Crippen molar-refractivity contribution in [1.82, 2.24) is 9.97 Å². The van der Waals surface area contributed by atoms with Crippen LogP contribution in [0.4, 0.5) is 5.82 Å². The van der Waals surface area contributed by atoms with Crippen molar-refractivity contribution in [3.05, 3.63) is 41.7 Å².